The van der Waals surface area contributed by atoms with Crippen molar-refractivity contribution < 1.29 is 9.90 Å². The summed E-state index contributed by atoms with van der Waals surface area (Å²) in [5.74, 6) is 1.78. The van der Waals surface area contributed by atoms with Gasteiger partial charge in [0.05, 0.1) is 0 Å². The van der Waals surface area contributed by atoms with Crippen molar-refractivity contribution in [2.24, 2.45) is 17.6 Å². The van der Waals surface area contributed by atoms with Crippen LogP contribution in [0.3, 0.4) is 0 Å². The average Bonchev–Trinajstić information content (AvgIpc) is 3.21. The lowest BCUT2D eigenvalue weighted by Gasteiger charge is -2.26. The van der Waals surface area contributed by atoms with Gasteiger partial charge in [0.1, 0.15) is 11.5 Å². The number of aromatic hydroxyl groups is 1. The molecule has 2 aliphatic rings. The number of Topliss-reactive ketones (excluding diaryl/α,β-unsaturated/α-hetero) is 1. The van der Waals surface area contributed by atoms with Crippen LogP contribution in [0.25, 0.3) is 10.9 Å². The normalized spacial score (nSPS) is 22.1. The molecule has 36 heavy (non-hydrogen) atoms. The highest BCUT2D eigenvalue weighted by Crippen LogP contribution is 2.39. The van der Waals surface area contributed by atoms with Gasteiger partial charge in [-0.25, -0.2) is 0 Å². The molecule has 0 spiro atoms. The van der Waals surface area contributed by atoms with Crippen LogP contribution in [-0.4, -0.2) is 21.5 Å². The Balaban J connectivity index is 1.48. The van der Waals surface area contributed by atoms with Gasteiger partial charge in [0, 0.05) is 48.4 Å². The summed E-state index contributed by atoms with van der Waals surface area (Å²) in [6.07, 6.45) is 14.2. The molecule has 5 rings (SSSR count). The van der Waals surface area contributed by atoms with Crippen molar-refractivity contribution in [3.63, 3.8) is 0 Å². The Morgan fingerprint density at radius 2 is 1.78 bits per heavy atom. The second kappa shape index (κ2) is 11.2. The maximum absolute atomic E-state index is 13.5. The molecule has 192 valence electrons. The Morgan fingerprint density at radius 3 is 2.53 bits per heavy atom. The molecule has 3 aromatic rings. The summed E-state index contributed by atoms with van der Waals surface area (Å²) in [7, 11) is 0. The molecule has 0 bridgehead atoms. The van der Waals surface area contributed by atoms with E-state index in [1.807, 2.05) is 6.07 Å². The first-order valence-corrected chi connectivity index (χ1v) is 14.1. The maximum Gasteiger partial charge on any atom is 0.134 e. The molecule has 2 fully saturated rings. The smallest absolute Gasteiger partial charge is 0.134 e. The Kier molecular flexibility index (Phi) is 7.81. The summed E-state index contributed by atoms with van der Waals surface area (Å²) in [5, 5.41) is 11.5. The summed E-state index contributed by atoms with van der Waals surface area (Å²) in [6, 6.07) is 14.7. The monoisotopic (exact) mass is 486 g/mol. The molecule has 1 aromatic heterocycles. The Bertz CT molecular complexity index is 1180. The van der Waals surface area contributed by atoms with Gasteiger partial charge in [-0.1, -0.05) is 49.1 Å². The Hall–Kier alpha value is -2.59. The highest BCUT2D eigenvalue weighted by molar-refractivity contribution is 5.88. The lowest BCUT2D eigenvalue weighted by molar-refractivity contribution is -0.120. The molecule has 0 amide bonds. The van der Waals surface area contributed by atoms with E-state index in [-0.39, 0.29) is 11.7 Å². The first kappa shape index (κ1) is 25.1. The third kappa shape index (κ3) is 5.86. The maximum atomic E-state index is 13.5. The molecule has 1 heterocycles. The summed E-state index contributed by atoms with van der Waals surface area (Å²) < 4.78 is 2.40. The standard InChI is InChI=1S/C32H42N2O2/c1-22-6-5-9-25(16-22)29(19-28(36)17-23-10-12-26(33)13-11-23)31-21-34(20-24-7-3-2-4-8-24)32-15-14-27(35)18-30(31)32/h5-6,9,14-16,18,21,23-24,26,29,35H,2-4,7-8,10-13,17,19-20,33H2,1H3. The van der Waals surface area contributed by atoms with Crippen LogP contribution in [0.15, 0.2) is 48.7 Å². The van der Waals surface area contributed by atoms with Crippen molar-refractivity contribution in [3.05, 3.63) is 65.4 Å². The number of aromatic nitrogens is 1. The van der Waals surface area contributed by atoms with E-state index in [4.69, 9.17) is 5.73 Å². The van der Waals surface area contributed by atoms with Crippen LogP contribution in [0.4, 0.5) is 0 Å². The number of rotatable bonds is 8. The number of aryl methyl sites for hydroxylation is 1. The number of nitrogens with two attached hydrogens (primary N) is 1. The minimum atomic E-state index is -0.0137. The van der Waals surface area contributed by atoms with Gasteiger partial charge in [-0.2, -0.15) is 0 Å². The first-order valence-electron chi connectivity index (χ1n) is 14.1. The number of benzene rings is 2. The molecular formula is C32H42N2O2. The van der Waals surface area contributed by atoms with Crippen LogP contribution in [-0.2, 0) is 11.3 Å². The van der Waals surface area contributed by atoms with Crippen LogP contribution in [0.2, 0.25) is 0 Å². The van der Waals surface area contributed by atoms with E-state index in [1.165, 1.54) is 54.3 Å². The number of carbonyl (C=O) groups excluding carboxylic acids is 1. The van der Waals surface area contributed by atoms with Gasteiger partial charge in [0.15, 0.2) is 0 Å². The highest BCUT2D eigenvalue weighted by atomic mass is 16.3. The van der Waals surface area contributed by atoms with Gasteiger partial charge >= 0.3 is 0 Å². The van der Waals surface area contributed by atoms with Gasteiger partial charge in [0.2, 0.25) is 0 Å². The SMILES string of the molecule is Cc1cccc(C(CC(=O)CC2CCC(N)CC2)c2cn(CC3CCCCC3)c3ccc(O)cc23)c1. The molecule has 0 aliphatic heterocycles. The molecule has 4 heteroatoms. The van der Waals surface area contributed by atoms with Gasteiger partial charge in [-0.15, -0.1) is 0 Å². The van der Waals surface area contributed by atoms with Crippen molar-refractivity contribution in [2.45, 2.75) is 96.1 Å². The topological polar surface area (TPSA) is 68.2 Å². The number of nitrogens with zero attached hydrogens (tertiary/aromatic N) is 1. The van der Waals surface area contributed by atoms with Gasteiger partial charge in [0.25, 0.3) is 0 Å². The molecule has 1 atom stereocenters. The molecule has 1 unspecified atom stereocenters. The van der Waals surface area contributed by atoms with Crippen LogP contribution in [0.5, 0.6) is 5.75 Å². The number of phenolic OH excluding ortho intramolecular Hbond substituents is 1. The minimum absolute atomic E-state index is 0.0137. The number of hydrogen-bond donors (Lipinski definition) is 2. The van der Waals surface area contributed by atoms with E-state index >= 15 is 0 Å². The van der Waals surface area contributed by atoms with Crippen LogP contribution >= 0.6 is 0 Å². The molecule has 2 saturated carbocycles. The number of carbonyl (C=O) groups is 1. The van der Waals surface area contributed by atoms with E-state index < -0.39 is 0 Å². The van der Waals surface area contributed by atoms with Crippen LogP contribution in [0.1, 0.15) is 93.2 Å². The summed E-state index contributed by atoms with van der Waals surface area (Å²) in [4.78, 5) is 13.5. The molecular weight excluding hydrogens is 444 g/mol. The Morgan fingerprint density at radius 1 is 1.00 bits per heavy atom. The highest BCUT2D eigenvalue weighted by Gasteiger charge is 2.27. The first-order chi connectivity index (χ1) is 17.5. The van der Waals surface area contributed by atoms with E-state index in [1.54, 1.807) is 6.07 Å². The number of ketones is 1. The van der Waals surface area contributed by atoms with E-state index in [0.29, 0.717) is 36.5 Å². The second-order valence-electron chi connectivity index (χ2n) is 11.6. The molecule has 2 aliphatic carbocycles. The van der Waals surface area contributed by atoms with Gasteiger partial charge in [-0.05, 0) is 86.6 Å². The fourth-order valence-electron chi connectivity index (χ4n) is 6.71. The minimum Gasteiger partial charge on any atom is -0.508 e. The van der Waals surface area contributed by atoms with E-state index in [0.717, 1.165) is 37.6 Å². The number of phenols is 1. The molecule has 0 radical (unpaired) electrons. The Labute approximate surface area is 215 Å². The third-order valence-corrected chi connectivity index (χ3v) is 8.73. The largest absolute Gasteiger partial charge is 0.508 e. The quantitative estimate of drug-likeness (QED) is 0.353. The lowest BCUT2D eigenvalue weighted by atomic mass is 9.80. The second-order valence-corrected chi connectivity index (χ2v) is 11.6. The zero-order valence-electron chi connectivity index (χ0n) is 21.8. The predicted octanol–water partition coefficient (Wildman–Crippen LogP) is 7.23. The molecule has 0 saturated heterocycles. The number of fused-ring (bicyclic) bond motifs is 1. The molecule has 3 N–H and O–H groups in total. The van der Waals surface area contributed by atoms with Crippen molar-refractivity contribution in [2.75, 3.05) is 0 Å². The summed E-state index contributed by atoms with van der Waals surface area (Å²) >= 11 is 0. The third-order valence-electron chi connectivity index (χ3n) is 8.73. The van der Waals surface area contributed by atoms with Gasteiger partial charge in [-0.3, -0.25) is 4.79 Å². The fourth-order valence-corrected chi connectivity index (χ4v) is 6.71. The molecule has 4 nitrogen and oxygen atoms in total. The van der Waals surface area contributed by atoms with Crippen molar-refractivity contribution in [1.29, 1.82) is 0 Å². The van der Waals surface area contributed by atoms with Crippen molar-refractivity contribution in [3.8, 4) is 5.75 Å². The van der Waals surface area contributed by atoms with Gasteiger partial charge < -0.3 is 15.4 Å². The van der Waals surface area contributed by atoms with Crippen LogP contribution < -0.4 is 5.73 Å². The zero-order chi connectivity index (χ0) is 25.1. The van der Waals surface area contributed by atoms with Crippen LogP contribution in [0, 0.1) is 18.8 Å². The summed E-state index contributed by atoms with van der Waals surface area (Å²) in [6.45, 7) is 3.13. The fraction of sp³-hybridized carbons (Fsp3) is 0.531. The van der Waals surface area contributed by atoms with E-state index in [2.05, 4.69) is 48.0 Å². The van der Waals surface area contributed by atoms with Crippen molar-refractivity contribution in [1.82, 2.24) is 4.57 Å². The lowest BCUT2D eigenvalue weighted by Crippen LogP contribution is -2.27. The zero-order valence-corrected chi connectivity index (χ0v) is 21.8. The van der Waals surface area contributed by atoms with E-state index in [9.17, 15) is 9.90 Å². The predicted molar refractivity (Wildman–Crippen MR) is 147 cm³/mol. The summed E-state index contributed by atoms with van der Waals surface area (Å²) in [5.41, 5.74) is 10.8. The molecule has 2 aromatic carbocycles. The number of hydrogen-bond acceptors (Lipinski definition) is 3. The van der Waals surface area contributed by atoms with Crippen molar-refractivity contribution >= 4 is 16.7 Å². The average molecular weight is 487 g/mol.